The van der Waals surface area contributed by atoms with Gasteiger partial charge in [0.1, 0.15) is 5.41 Å². The molecular weight excluding hydrogens is 228 g/mol. The molecule has 1 aromatic heterocycles. The van der Waals surface area contributed by atoms with Crippen molar-refractivity contribution in [3.8, 4) is 6.07 Å². The SMILES string of the molecule is CC(C)(C#N)C(=O)N1CCC[C@H](n2cccn2)C1. The number of hydrogen-bond donors (Lipinski definition) is 0. The standard InChI is InChI=1S/C13H18N4O/c1-13(2,10-14)12(18)16-7-3-5-11(9-16)17-8-4-6-15-17/h4,6,8,11H,3,5,7,9H2,1-2H3/t11-/m0/s1. The molecule has 0 spiro atoms. The first-order valence-electron chi connectivity index (χ1n) is 6.24. The minimum Gasteiger partial charge on any atom is -0.339 e. The van der Waals surface area contributed by atoms with Gasteiger partial charge in [-0.2, -0.15) is 10.4 Å². The topological polar surface area (TPSA) is 61.9 Å². The monoisotopic (exact) mass is 246 g/mol. The van der Waals surface area contributed by atoms with Crippen molar-refractivity contribution in [3.05, 3.63) is 18.5 Å². The molecule has 96 valence electrons. The largest absolute Gasteiger partial charge is 0.339 e. The van der Waals surface area contributed by atoms with Crippen molar-refractivity contribution in [1.29, 1.82) is 5.26 Å². The lowest BCUT2D eigenvalue weighted by molar-refractivity contribution is -0.139. The van der Waals surface area contributed by atoms with Crippen LogP contribution in [0.1, 0.15) is 32.7 Å². The zero-order valence-electron chi connectivity index (χ0n) is 10.8. The fourth-order valence-electron chi connectivity index (χ4n) is 2.29. The number of carbonyl (C=O) groups is 1. The van der Waals surface area contributed by atoms with Gasteiger partial charge in [-0.15, -0.1) is 0 Å². The van der Waals surface area contributed by atoms with Gasteiger partial charge in [0.2, 0.25) is 5.91 Å². The van der Waals surface area contributed by atoms with E-state index in [4.69, 9.17) is 5.26 Å². The molecule has 0 bridgehead atoms. The fourth-order valence-corrected chi connectivity index (χ4v) is 2.29. The number of aromatic nitrogens is 2. The van der Waals surface area contributed by atoms with Crippen LogP contribution in [-0.4, -0.2) is 33.7 Å². The Morgan fingerprint density at radius 2 is 2.33 bits per heavy atom. The molecule has 1 aromatic rings. The smallest absolute Gasteiger partial charge is 0.242 e. The third-order valence-corrected chi connectivity index (χ3v) is 3.40. The average Bonchev–Trinajstić information content (AvgIpc) is 2.92. The van der Waals surface area contributed by atoms with Crippen molar-refractivity contribution >= 4 is 5.91 Å². The number of nitriles is 1. The van der Waals surface area contributed by atoms with Gasteiger partial charge in [0.25, 0.3) is 0 Å². The molecule has 0 aromatic carbocycles. The second-order valence-electron chi connectivity index (χ2n) is 5.27. The van der Waals surface area contributed by atoms with Gasteiger partial charge in [-0.1, -0.05) is 0 Å². The number of nitrogens with zero attached hydrogens (tertiary/aromatic N) is 4. The number of hydrogen-bond acceptors (Lipinski definition) is 3. The Labute approximate surface area is 107 Å². The molecule has 0 saturated carbocycles. The lowest BCUT2D eigenvalue weighted by Gasteiger charge is -2.35. The molecule has 0 N–H and O–H groups in total. The average molecular weight is 246 g/mol. The highest BCUT2D eigenvalue weighted by Gasteiger charge is 2.34. The number of piperidine rings is 1. The Morgan fingerprint density at radius 3 is 2.94 bits per heavy atom. The van der Waals surface area contributed by atoms with Crippen LogP contribution in [0.15, 0.2) is 18.5 Å². The van der Waals surface area contributed by atoms with Crippen LogP contribution in [0.25, 0.3) is 0 Å². The molecule has 1 saturated heterocycles. The van der Waals surface area contributed by atoms with E-state index in [0.717, 1.165) is 19.4 Å². The highest BCUT2D eigenvalue weighted by molar-refractivity contribution is 5.84. The van der Waals surface area contributed by atoms with E-state index in [1.54, 1.807) is 24.9 Å². The zero-order valence-corrected chi connectivity index (χ0v) is 10.8. The normalized spacial score (nSPS) is 20.5. The van der Waals surface area contributed by atoms with Crippen molar-refractivity contribution in [3.63, 3.8) is 0 Å². The second kappa shape index (κ2) is 4.81. The maximum atomic E-state index is 12.2. The summed E-state index contributed by atoms with van der Waals surface area (Å²) >= 11 is 0. The summed E-state index contributed by atoms with van der Waals surface area (Å²) in [6.45, 7) is 4.73. The van der Waals surface area contributed by atoms with E-state index in [0.29, 0.717) is 6.54 Å². The number of carbonyl (C=O) groups excluding carboxylic acids is 1. The van der Waals surface area contributed by atoms with Crippen LogP contribution < -0.4 is 0 Å². The van der Waals surface area contributed by atoms with Crippen LogP contribution in [0.5, 0.6) is 0 Å². The zero-order chi connectivity index (χ0) is 13.2. The molecule has 1 fully saturated rings. The van der Waals surface area contributed by atoms with Crippen LogP contribution in [0.4, 0.5) is 0 Å². The summed E-state index contributed by atoms with van der Waals surface area (Å²) in [5.41, 5.74) is -0.938. The van der Waals surface area contributed by atoms with E-state index in [1.807, 2.05) is 16.9 Å². The van der Waals surface area contributed by atoms with Gasteiger partial charge in [0.05, 0.1) is 12.1 Å². The van der Waals surface area contributed by atoms with Crippen LogP contribution in [-0.2, 0) is 4.79 Å². The molecule has 1 aliphatic rings. The minimum atomic E-state index is -0.938. The van der Waals surface area contributed by atoms with Gasteiger partial charge >= 0.3 is 0 Å². The lowest BCUT2D eigenvalue weighted by Crippen LogP contribution is -2.46. The Morgan fingerprint density at radius 1 is 1.56 bits per heavy atom. The van der Waals surface area contributed by atoms with Gasteiger partial charge in [0.15, 0.2) is 0 Å². The maximum absolute atomic E-state index is 12.2. The van der Waals surface area contributed by atoms with Gasteiger partial charge < -0.3 is 4.90 Å². The molecule has 0 unspecified atom stereocenters. The quantitative estimate of drug-likeness (QED) is 0.796. The summed E-state index contributed by atoms with van der Waals surface area (Å²) in [7, 11) is 0. The van der Waals surface area contributed by atoms with E-state index >= 15 is 0 Å². The third kappa shape index (κ3) is 2.37. The summed E-state index contributed by atoms with van der Waals surface area (Å²) in [6, 6.07) is 4.19. The second-order valence-corrected chi connectivity index (χ2v) is 5.27. The molecular formula is C13H18N4O. The van der Waals surface area contributed by atoms with Crippen LogP contribution in [0.3, 0.4) is 0 Å². The lowest BCUT2D eigenvalue weighted by atomic mass is 9.92. The van der Waals surface area contributed by atoms with Crippen molar-refractivity contribution in [2.45, 2.75) is 32.7 Å². The fraction of sp³-hybridized carbons (Fsp3) is 0.615. The molecule has 5 heteroatoms. The summed E-state index contributed by atoms with van der Waals surface area (Å²) in [5, 5.41) is 13.3. The number of rotatable bonds is 2. The Hall–Kier alpha value is -1.83. The molecule has 2 heterocycles. The highest BCUT2D eigenvalue weighted by atomic mass is 16.2. The highest BCUT2D eigenvalue weighted by Crippen LogP contribution is 2.25. The van der Waals surface area contributed by atoms with E-state index in [9.17, 15) is 4.79 Å². The van der Waals surface area contributed by atoms with Gasteiger partial charge in [-0.05, 0) is 32.8 Å². The van der Waals surface area contributed by atoms with Crippen LogP contribution in [0, 0.1) is 16.7 Å². The van der Waals surface area contributed by atoms with Crippen molar-refractivity contribution in [2.24, 2.45) is 5.41 Å². The minimum absolute atomic E-state index is 0.0816. The summed E-state index contributed by atoms with van der Waals surface area (Å²) in [4.78, 5) is 14.0. The summed E-state index contributed by atoms with van der Waals surface area (Å²) in [5.74, 6) is -0.0816. The first-order chi connectivity index (χ1) is 8.54. The van der Waals surface area contributed by atoms with Gasteiger partial charge in [-0.3, -0.25) is 9.48 Å². The summed E-state index contributed by atoms with van der Waals surface area (Å²) < 4.78 is 1.90. The predicted molar refractivity (Wildman–Crippen MR) is 66.5 cm³/mol. The molecule has 1 atom stereocenters. The Balaban J connectivity index is 2.08. The van der Waals surface area contributed by atoms with E-state index in [-0.39, 0.29) is 11.9 Å². The Kier molecular flexibility index (Phi) is 3.37. The Bertz CT molecular complexity index is 458. The maximum Gasteiger partial charge on any atom is 0.242 e. The van der Waals surface area contributed by atoms with E-state index < -0.39 is 5.41 Å². The van der Waals surface area contributed by atoms with Crippen molar-refractivity contribution < 1.29 is 4.79 Å². The van der Waals surface area contributed by atoms with Crippen LogP contribution >= 0.6 is 0 Å². The van der Waals surface area contributed by atoms with Gasteiger partial charge in [0, 0.05) is 25.5 Å². The van der Waals surface area contributed by atoms with Crippen LogP contribution in [0.2, 0.25) is 0 Å². The molecule has 1 amide bonds. The molecule has 2 rings (SSSR count). The van der Waals surface area contributed by atoms with Gasteiger partial charge in [-0.25, -0.2) is 0 Å². The molecule has 0 radical (unpaired) electrons. The molecule has 0 aliphatic carbocycles. The van der Waals surface area contributed by atoms with E-state index in [2.05, 4.69) is 11.2 Å². The molecule has 18 heavy (non-hydrogen) atoms. The van der Waals surface area contributed by atoms with Crippen molar-refractivity contribution in [2.75, 3.05) is 13.1 Å². The number of amides is 1. The summed E-state index contributed by atoms with van der Waals surface area (Å²) in [6.07, 6.45) is 5.66. The van der Waals surface area contributed by atoms with Crippen molar-refractivity contribution in [1.82, 2.24) is 14.7 Å². The first-order valence-corrected chi connectivity index (χ1v) is 6.24. The molecule has 5 nitrogen and oxygen atoms in total. The first kappa shape index (κ1) is 12.6. The molecule has 1 aliphatic heterocycles. The third-order valence-electron chi connectivity index (χ3n) is 3.40. The number of likely N-dealkylation sites (tertiary alicyclic amines) is 1. The van der Waals surface area contributed by atoms with E-state index in [1.165, 1.54) is 0 Å². The predicted octanol–water partition coefficient (Wildman–Crippen LogP) is 1.60.